The average Bonchev–Trinajstić information content (AvgIpc) is 2.80. The molecule has 0 saturated heterocycles. The molecule has 0 aromatic heterocycles. The number of amides is 1. The van der Waals surface area contributed by atoms with E-state index < -0.39 is 20.0 Å². The van der Waals surface area contributed by atoms with Gasteiger partial charge in [-0.25, -0.2) is 21.1 Å². The van der Waals surface area contributed by atoms with E-state index in [1.54, 1.807) is 37.3 Å². The summed E-state index contributed by atoms with van der Waals surface area (Å²) in [5.41, 5.74) is 3.49. The number of carbonyl (C=O) groups is 1. The largest absolute Gasteiger partial charge is 0.326 e. The van der Waals surface area contributed by atoms with E-state index in [0.29, 0.717) is 17.8 Å². The van der Waals surface area contributed by atoms with Gasteiger partial charge in [-0.15, -0.1) is 0 Å². The molecule has 8 nitrogen and oxygen atoms in total. The number of rotatable bonds is 9. The zero-order valence-corrected chi connectivity index (χ0v) is 21.7. The number of carbonyl (C=O) groups excluding carboxylic acids is 1. The second-order valence-electron chi connectivity index (χ2n) is 8.43. The van der Waals surface area contributed by atoms with E-state index in [4.69, 9.17) is 0 Å². The van der Waals surface area contributed by atoms with E-state index >= 15 is 0 Å². The number of hydrogen-bond acceptors (Lipinski definition) is 5. The van der Waals surface area contributed by atoms with E-state index in [1.807, 2.05) is 19.1 Å². The lowest BCUT2D eigenvalue weighted by atomic mass is 10.1. The maximum absolute atomic E-state index is 12.6. The molecule has 0 spiro atoms. The summed E-state index contributed by atoms with van der Waals surface area (Å²) in [4.78, 5) is 12.7. The lowest BCUT2D eigenvalue weighted by Gasteiger charge is -2.14. The fraction of sp³-hybridized carbons (Fsp3) is 0.240. The Balaban J connectivity index is 1.62. The molecule has 0 radical (unpaired) electrons. The van der Waals surface area contributed by atoms with Gasteiger partial charge in [0.05, 0.1) is 9.79 Å². The molecule has 3 aromatic rings. The molecule has 0 fully saturated rings. The van der Waals surface area contributed by atoms with Gasteiger partial charge in [0.25, 0.3) is 10.0 Å². The number of anilines is 2. The van der Waals surface area contributed by atoms with Crippen molar-refractivity contribution < 1.29 is 21.6 Å². The average molecular weight is 516 g/mol. The Labute approximate surface area is 207 Å². The van der Waals surface area contributed by atoms with Crippen LogP contribution in [0.3, 0.4) is 0 Å². The molecule has 0 aliphatic rings. The summed E-state index contributed by atoms with van der Waals surface area (Å²) in [5, 5.41) is 2.77. The summed E-state index contributed by atoms with van der Waals surface area (Å²) in [5.74, 6) is -0.273. The van der Waals surface area contributed by atoms with Crippen LogP contribution in [-0.4, -0.2) is 41.1 Å². The van der Waals surface area contributed by atoms with E-state index in [1.165, 1.54) is 38.4 Å². The summed E-state index contributed by atoms with van der Waals surface area (Å²) in [6, 6.07) is 18.0. The van der Waals surface area contributed by atoms with Gasteiger partial charge in [0, 0.05) is 31.9 Å². The summed E-state index contributed by atoms with van der Waals surface area (Å²) in [6.45, 7) is 3.70. The summed E-state index contributed by atoms with van der Waals surface area (Å²) in [6.07, 6.45) is 0.546. The first-order valence-corrected chi connectivity index (χ1v) is 13.8. The standard InChI is InChI=1S/C25H29N3O5S2/c1-18-5-11-21(12-6-18)27-34(30,31)22-14-8-20(9-15-22)10-16-25(29)26-24-17-23(13-7-19(24)2)35(32,33)28(3)4/h5-9,11-15,17,27H,10,16H2,1-4H3,(H,26,29). The van der Waals surface area contributed by atoms with Crippen molar-refractivity contribution in [1.82, 2.24) is 4.31 Å². The maximum Gasteiger partial charge on any atom is 0.261 e. The highest BCUT2D eigenvalue weighted by Crippen LogP contribution is 2.23. The summed E-state index contributed by atoms with van der Waals surface area (Å²) >= 11 is 0. The SMILES string of the molecule is Cc1ccc(NS(=O)(=O)c2ccc(CCC(=O)Nc3cc(S(=O)(=O)N(C)C)ccc3C)cc2)cc1. The number of aryl methyl sites for hydroxylation is 3. The lowest BCUT2D eigenvalue weighted by Crippen LogP contribution is -2.22. The number of nitrogens with one attached hydrogen (secondary N) is 2. The van der Waals surface area contributed by atoms with Gasteiger partial charge < -0.3 is 5.32 Å². The third-order valence-corrected chi connectivity index (χ3v) is 8.65. The first-order valence-electron chi connectivity index (χ1n) is 10.9. The molecular weight excluding hydrogens is 486 g/mol. The van der Waals surface area contributed by atoms with E-state index in [2.05, 4.69) is 10.0 Å². The zero-order valence-electron chi connectivity index (χ0n) is 20.1. The monoisotopic (exact) mass is 515 g/mol. The maximum atomic E-state index is 12.6. The van der Waals surface area contributed by atoms with Gasteiger partial charge in [-0.1, -0.05) is 35.9 Å². The van der Waals surface area contributed by atoms with Crippen molar-refractivity contribution >= 4 is 37.3 Å². The van der Waals surface area contributed by atoms with E-state index in [-0.39, 0.29) is 22.1 Å². The predicted molar refractivity (Wildman–Crippen MR) is 137 cm³/mol. The van der Waals surface area contributed by atoms with Crippen LogP contribution < -0.4 is 10.0 Å². The molecule has 1 amide bonds. The van der Waals surface area contributed by atoms with Gasteiger partial charge in [-0.05, 0) is 67.8 Å². The lowest BCUT2D eigenvalue weighted by molar-refractivity contribution is -0.116. The van der Waals surface area contributed by atoms with Crippen molar-refractivity contribution in [2.45, 2.75) is 36.5 Å². The quantitative estimate of drug-likeness (QED) is 0.448. The van der Waals surface area contributed by atoms with Gasteiger partial charge in [-0.3, -0.25) is 9.52 Å². The van der Waals surface area contributed by atoms with Crippen LogP contribution in [-0.2, 0) is 31.3 Å². The Morgan fingerprint density at radius 1 is 0.829 bits per heavy atom. The molecule has 0 aliphatic carbocycles. The van der Waals surface area contributed by atoms with E-state index in [9.17, 15) is 21.6 Å². The van der Waals surface area contributed by atoms with Crippen molar-refractivity contribution in [3.05, 3.63) is 83.4 Å². The number of nitrogens with zero attached hydrogens (tertiary/aromatic N) is 1. The molecular formula is C25H29N3O5S2. The molecule has 186 valence electrons. The van der Waals surface area contributed by atoms with Crippen molar-refractivity contribution in [2.75, 3.05) is 24.1 Å². The predicted octanol–water partition coefficient (Wildman–Crippen LogP) is 3.93. The van der Waals surface area contributed by atoms with Crippen LogP contribution in [0, 0.1) is 13.8 Å². The fourth-order valence-electron chi connectivity index (χ4n) is 3.25. The van der Waals surface area contributed by atoms with Crippen LogP contribution in [0.5, 0.6) is 0 Å². The van der Waals surface area contributed by atoms with Crippen molar-refractivity contribution in [1.29, 1.82) is 0 Å². The zero-order chi connectivity index (χ0) is 25.8. The molecule has 3 aromatic carbocycles. The highest BCUT2D eigenvalue weighted by molar-refractivity contribution is 7.92. The summed E-state index contributed by atoms with van der Waals surface area (Å²) in [7, 11) is -4.45. The first kappa shape index (κ1) is 26.4. The van der Waals surface area contributed by atoms with Crippen LogP contribution in [0.4, 0.5) is 11.4 Å². The highest BCUT2D eigenvalue weighted by Gasteiger charge is 2.19. The minimum atomic E-state index is -3.72. The summed E-state index contributed by atoms with van der Waals surface area (Å²) < 4.78 is 53.6. The molecule has 35 heavy (non-hydrogen) atoms. The number of sulfonamides is 2. The first-order chi connectivity index (χ1) is 16.4. The molecule has 0 heterocycles. The minimum Gasteiger partial charge on any atom is -0.326 e. The van der Waals surface area contributed by atoms with Gasteiger partial charge in [0.2, 0.25) is 15.9 Å². The molecule has 0 unspecified atom stereocenters. The highest BCUT2D eigenvalue weighted by atomic mass is 32.2. The van der Waals surface area contributed by atoms with E-state index in [0.717, 1.165) is 21.0 Å². The van der Waals surface area contributed by atoms with Crippen LogP contribution in [0.15, 0.2) is 76.5 Å². The van der Waals surface area contributed by atoms with Crippen molar-refractivity contribution in [2.24, 2.45) is 0 Å². The molecule has 0 saturated carbocycles. The Kier molecular flexibility index (Phi) is 7.99. The van der Waals surface area contributed by atoms with Crippen LogP contribution in [0.1, 0.15) is 23.1 Å². The van der Waals surface area contributed by atoms with Gasteiger partial charge >= 0.3 is 0 Å². The Bertz CT molecular complexity index is 1410. The third-order valence-electron chi connectivity index (χ3n) is 5.44. The second kappa shape index (κ2) is 10.6. The topological polar surface area (TPSA) is 113 Å². The normalized spacial score (nSPS) is 11.9. The molecule has 0 atom stereocenters. The van der Waals surface area contributed by atoms with Gasteiger partial charge in [-0.2, -0.15) is 0 Å². The number of hydrogen-bond donors (Lipinski definition) is 2. The van der Waals surface area contributed by atoms with Crippen molar-refractivity contribution in [3.63, 3.8) is 0 Å². The fourth-order valence-corrected chi connectivity index (χ4v) is 5.24. The van der Waals surface area contributed by atoms with Crippen molar-refractivity contribution in [3.8, 4) is 0 Å². The Morgan fingerprint density at radius 3 is 2.03 bits per heavy atom. The van der Waals surface area contributed by atoms with Gasteiger partial charge in [0.15, 0.2) is 0 Å². The molecule has 3 rings (SSSR count). The van der Waals surface area contributed by atoms with Gasteiger partial charge in [0.1, 0.15) is 0 Å². The Hall–Kier alpha value is -3.21. The van der Waals surface area contributed by atoms with Crippen LogP contribution in [0.25, 0.3) is 0 Å². The van der Waals surface area contributed by atoms with Crippen LogP contribution >= 0.6 is 0 Å². The smallest absolute Gasteiger partial charge is 0.261 e. The third kappa shape index (κ3) is 6.68. The number of benzene rings is 3. The van der Waals surface area contributed by atoms with Crippen LogP contribution in [0.2, 0.25) is 0 Å². The molecule has 0 aliphatic heterocycles. The molecule has 10 heteroatoms. The molecule has 0 bridgehead atoms. The second-order valence-corrected chi connectivity index (χ2v) is 12.3. The molecule has 2 N–H and O–H groups in total. The minimum absolute atomic E-state index is 0.0967. The Morgan fingerprint density at radius 2 is 1.43 bits per heavy atom.